The van der Waals surface area contributed by atoms with Gasteiger partial charge in [-0.25, -0.2) is 4.79 Å². The highest BCUT2D eigenvalue weighted by Gasteiger charge is 2.31. The van der Waals surface area contributed by atoms with Crippen molar-refractivity contribution in [3.05, 3.63) is 47.0 Å². The number of hydrogen-bond donors (Lipinski definition) is 0. The predicted octanol–water partition coefficient (Wildman–Crippen LogP) is 2.98. The van der Waals surface area contributed by atoms with Crippen molar-refractivity contribution >= 4 is 11.8 Å². The number of azide groups is 1. The molecule has 3 rings (SSSR count). The molecule has 0 saturated carbocycles. The first-order valence-electron chi connectivity index (χ1n) is 6.28. The fourth-order valence-electron chi connectivity index (χ4n) is 2.13. The van der Waals surface area contributed by atoms with Crippen LogP contribution in [0.1, 0.15) is 0 Å². The number of hydrogen-bond acceptors (Lipinski definition) is 5. The number of nitrogens with zero attached hydrogens (tertiary/aromatic N) is 5. The van der Waals surface area contributed by atoms with Crippen LogP contribution < -0.4 is 4.90 Å². The molecule has 8 nitrogen and oxygen atoms in total. The molecule has 1 aliphatic rings. The molecule has 0 N–H and O–H groups in total. The van der Waals surface area contributed by atoms with Crippen molar-refractivity contribution in [2.75, 3.05) is 18.0 Å². The number of carbonyl (C=O) groups excluding carboxylic acids is 1. The zero-order valence-corrected chi connectivity index (χ0v) is 10.9. The van der Waals surface area contributed by atoms with Gasteiger partial charge in [0, 0.05) is 22.2 Å². The number of aromatic nitrogens is 1. The Bertz CT molecular complexity index is 676. The Balaban J connectivity index is 1.75. The van der Waals surface area contributed by atoms with Gasteiger partial charge in [-0.2, -0.15) is 0 Å². The van der Waals surface area contributed by atoms with Gasteiger partial charge in [0.15, 0.2) is 0 Å². The van der Waals surface area contributed by atoms with Crippen LogP contribution >= 0.6 is 0 Å². The van der Waals surface area contributed by atoms with Gasteiger partial charge in [-0.15, -0.1) is 0 Å². The standard InChI is InChI=1S/C13H11N5O3/c14-17-15-7-11-8-18(13(19)21-11)10-3-1-9(2-4-10)12-5-6-20-16-12/h1-6,11H,7-8H2/t11-/m0/s1. The average molecular weight is 285 g/mol. The topological polar surface area (TPSA) is 104 Å². The lowest BCUT2D eigenvalue weighted by Crippen LogP contribution is -2.24. The van der Waals surface area contributed by atoms with E-state index in [1.165, 1.54) is 11.2 Å². The van der Waals surface area contributed by atoms with E-state index in [1.54, 1.807) is 18.2 Å². The molecule has 0 unspecified atom stereocenters. The molecule has 1 saturated heterocycles. The quantitative estimate of drug-likeness (QED) is 0.489. The molecule has 1 aliphatic heterocycles. The van der Waals surface area contributed by atoms with Crippen molar-refractivity contribution < 1.29 is 14.1 Å². The SMILES string of the molecule is [N-]=[N+]=NC[C@H]1CN(c2ccc(-c3ccon3)cc2)C(=O)O1. The summed E-state index contributed by atoms with van der Waals surface area (Å²) in [4.78, 5) is 16.0. The molecular weight excluding hydrogens is 274 g/mol. The van der Waals surface area contributed by atoms with E-state index < -0.39 is 12.2 Å². The number of benzene rings is 1. The number of anilines is 1. The van der Waals surface area contributed by atoms with Crippen molar-refractivity contribution in [2.45, 2.75) is 6.10 Å². The Kier molecular flexibility index (Phi) is 3.44. The lowest BCUT2D eigenvalue weighted by molar-refractivity contribution is 0.145. The molecule has 2 aromatic rings. The third-order valence-corrected chi connectivity index (χ3v) is 3.14. The predicted molar refractivity (Wildman–Crippen MR) is 73.6 cm³/mol. The average Bonchev–Trinajstić information content (AvgIpc) is 3.15. The summed E-state index contributed by atoms with van der Waals surface area (Å²) in [7, 11) is 0. The van der Waals surface area contributed by atoms with Crippen LogP contribution in [0.5, 0.6) is 0 Å². The molecule has 0 aliphatic carbocycles. The van der Waals surface area contributed by atoms with E-state index in [4.69, 9.17) is 14.8 Å². The van der Waals surface area contributed by atoms with Crippen molar-refractivity contribution in [1.29, 1.82) is 0 Å². The van der Waals surface area contributed by atoms with E-state index in [2.05, 4.69) is 15.2 Å². The first kappa shape index (κ1) is 13.0. The van der Waals surface area contributed by atoms with E-state index in [0.717, 1.165) is 16.9 Å². The first-order valence-corrected chi connectivity index (χ1v) is 6.28. The molecule has 0 radical (unpaired) electrons. The minimum Gasteiger partial charge on any atom is -0.444 e. The van der Waals surface area contributed by atoms with Crippen LogP contribution in [-0.2, 0) is 4.74 Å². The van der Waals surface area contributed by atoms with Crippen LogP contribution in [-0.4, -0.2) is 30.4 Å². The van der Waals surface area contributed by atoms with E-state index >= 15 is 0 Å². The molecule has 1 atom stereocenters. The smallest absolute Gasteiger partial charge is 0.414 e. The van der Waals surface area contributed by atoms with Gasteiger partial charge in [-0.3, -0.25) is 4.90 Å². The minimum absolute atomic E-state index is 0.135. The van der Waals surface area contributed by atoms with Crippen LogP contribution in [0.25, 0.3) is 21.7 Å². The Morgan fingerprint density at radius 3 is 2.86 bits per heavy atom. The van der Waals surface area contributed by atoms with Gasteiger partial charge in [0.05, 0.1) is 13.1 Å². The number of carbonyl (C=O) groups is 1. The molecule has 1 fully saturated rings. The normalized spacial score (nSPS) is 17.4. The summed E-state index contributed by atoms with van der Waals surface area (Å²) in [5.41, 5.74) is 10.6. The molecule has 1 aromatic heterocycles. The van der Waals surface area contributed by atoms with Crippen LogP contribution in [0.15, 0.2) is 46.2 Å². The molecule has 0 bridgehead atoms. The summed E-state index contributed by atoms with van der Waals surface area (Å²) in [6.45, 7) is 0.497. The number of amides is 1. The second-order valence-corrected chi connectivity index (χ2v) is 4.46. The first-order chi connectivity index (χ1) is 10.3. The van der Waals surface area contributed by atoms with Crippen LogP contribution in [0.3, 0.4) is 0 Å². The van der Waals surface area contributed by atoms with E-state index in [1.807, 2.05) is 12.1 Å². The lowest BCUT2D eigenvalue weighted by Gasteiger charge is -2.12. The summed E-state index contributed by atoms with van der Waals surface area (Å²) in [6, 6.07) is 9.07. The Hall–Kier alpha value is -2.99. The van der Waals surface area contributed by atoms with E-state index in [-0.39, 0.29) is 6.54 Å². The summed E-state index contributed by atoms with van der Waals surface area (Å²) < 4.78 is 9.92. The Labute approximate surface area is 119 Å². The summed E-state index contributed by atoms with van der Waals surface area (Å²) >= 11 is 0. The van der Waals surface area contributed by atoms with Gasteiger partial charge >= 0.3 is 6.09 Å². The fraction of sp³-hybridized carbons (Fsp3) is 0.231. The van der Waals surface area contributed by atoms with Crippen LogP contribution in [0, 0.1) is 0 Å². The second-order valence-electron chi connectivity index (χ2n) is 4.46. The summed E-state index contributed by atoms with van der Waals surface area (Å²) in [6.07, 6.45) is 0.646. The summed E-state index contributed by atoms with van der Waals surface area (Å²) in [5.74, 6) is 0. The monoisotopic (exact) mass is 285 g/mol. The van der Waals surface area contributed by atoms with Crippen LogP contribution in [0.4, 0.5) is 10.5 Å². The number of rotatable bonds is 4. The molecule has 106 valence electrons. The van der Waals surface area contributed by atoms with Gasteiger partial charge < -0.3 is 9.26 Å². The number of cyclic esters (lactones) is 1. The third-order valence-electron chi connectivity index (χ3n) is 3.14. The maximum absolute atomic E-state index is 11.8. The van der Waals surface area contributed by atoms with E-state index in [0.29, 0.717) is 6.54 Å². The fourth-order valence-corrected chi connectivity index (χ4v) is 2.13. The molecule has 2 heterocycles. The van der Waals surface area contributed by atoms with Crippen molar-refractivity contribution in [1.82, 2.24) is 5.16 Å². The molecule has 8 heteroatoms. The highest BCUT2D eigenvalue weighted by Crippen LogP contribution is 2.25. The molecule has 1 aromatic carbocycles. The van der Waals surface area contributed by atoms with Crippen molar-refractivity contribution in [3.8, 4) is 11.3 Å². The van der Waals surface area contributed by atoms with Gasteiger partial charge in [-0.1, -0.05) is 22.4 Å². The number of ether oxygens (including phenoxy) is 1. The summed E-state index contributed by atoms with van der Waals surface area (Å²) in [5, 5.41) is 7.27. The van der Waals surface area contributed by atoms with Gasteiger partial charge in [0.2, 0.25) is 0 Å². The largest absolute Gasteiger partial charge is 0.444 e. The lowest BCUT2D eigenvalue weighted by atomic mass is 10.1. The molecule has 1 amide bonds. The molecular formula is C13H11N5O3. The highest BCUT2D eigenvalue weighted by molar-refractivity contribution is 5.90. The maximum Gasteiger partial charge on any atom is 0.414 e. The molecule has 21 heavy (non-hydrogen) atoms. The highest BCUT2D eigenvalue weighted by atomic mass is 16.6. The van der Waals surface area contributed by atoms with Gasteiger partial charge in [-0.05, 0) is 17.7 Å². The minimum atomic E-state index is -0.442. The van der Waals surface area contributed by atoms with E-state index in [9.17, 15) is 4.79 Å². The van der Waals surface area contributed by atoms with Crippen molar-refractivity contribution in [2.24, 2.45) is 5.11 Å². The third kappa shape index (κ3) is 2.65. The second kappa shape index (κ2) is 5.56. The Morgan fingerprint density at radius 1 is 1.38 bits per heavy atom. The maximum atomic E-state index is 11.8. The zero-order chi connectivity index (χ0) is 14.7. The molecule has 0 spiro atoms. The van der Waals surface area contributed by atoms with Gasteiger partial charge in [0.25, 0.3) is 0 Å². The Morgan fingerprint density at radius 2 is 2.19 bits per heavy atom. The van der Waals surface area contributed by atoms with Crippen LogP contribution in [0.2, 0.25) is 0 Å². The van der Waals surface area contributed by atoms with Crippen molar-refractivity contribution in [3.63, 3.8) is 0 Å². The van der Waals surface area contributed by atoms with Gasteiger partial charge in [0.1, 0.15) is 18.1 Å². The zero-order valence-electron chi connectivity index (χ0n) is 10.9.